The fourth-order valence-corrected chi connectivity index (χ4v) is 3.43. The van der Waals surface area contributed by atoms with Gasteiger partial charge in [-0.3, -0.25) is 4.79 Å². The molecule has 1 fully saturated rings. The molecule has 0 radical (unpaired) electrons. The van der Waals surface area contributed by atoms with Crippen LogP contribution < -0.4 is 10.2 Å². The van der Waals surface area contributed by atoms with Crippen LogP contribution in [0, 0.1) is 0 Å². The number of ether oxygens (including phenoxy) is 1. The summed E-state index contributed by atoms with van der Waals surface area (Å²) in [4.78, 5) is 28.5. The second-order valence-corrected chi connectivity index (χ2v) is 6.85. The van der Waals surface area contributed by atoms with E-state index in [1.807, 2.05) is 66.5 Å². The number of nitrogens with one attached hydrogen (secondary N) is 1. The molecule has 0 saturated carbocycles. The molecule has 1 aliphatic rings. The third kappa shape index (κ3) is 4.63. The Bertz CT molecular complexity index is 802. The van der Waals surface area contributed by atoms with Crippen LogP contribution in [0.2, 0.25) is 0 Å². The molecule has 1 N–H and O–H groups in total. The quantitative estimate of drug-likeness (QED) is 0.856. The smallest absolute Gasteiger partial charge is 0.409 e. The summed E-state index contributed by atoms with van der Waals surface area (Å²) in [5, 5.41) is 3.13. The first kappa shape index (κ1) is 19.7. The number of anilines is 2. The van der Waals surface area contributed by atoms with Gasteiger partial charge in [-0.15, -0.1) is 0 Å². The van der Waals surface area contributed by atoms with Gasteiger partial charge in [-0.1, -0.05) is 30.3 Å². The van der Waals surface area contributed by atoms with Crippen molar-refractivity contribution in [3.05, 3.63) is 60.2 Å². The van der Waals surface area contributed by atoms with Gasteiger partial charge >= 0.3 is 6.09 Å². The van der Waals surface area contributed by atoms with Crippen LogP contribution >= 0.6 is 0 Å². The van der Waals surface area contributed by atoms with Crippen molar-refractivity contribution >= 4 is 23.4 Å². The fraction of sp³-hybridized carbons (Fsp3) is 0.364. The van der Waals surface area contributed by atoms with Crippen LogP contribution in [-0.2, 0) is 4.74 Å². The van der Waals surface area contributed by atoms with Crippen LogP contribution in [0.4, 0.5) is 16.2 Å². The van der Waals surface area contributed by atoms with Gasteiger partial charge in [0.2, 0.25) is 0 Å². The van der Waals surface area contributed by atoms with E-state index in [2.05, 4.69) is 5.32 Å². The molecular weight excluding hydrogens is 354 g/mol. The monoisotopic (exact) mass is 381 g/mol. The number of rotatable bonds is 5. The van der Waals surface area contributed by atoms with E-state index in [-0.39, 0.29) is 18.0 Å². The number of nitrogens with zero attached hydrogens (tertiary/aromatic N) is 2. The third-order valence-electron chi connectivity index (χ3n) is 5.01. The van der Waals surface area contributed by atoms with E-state index in [1.54, 1.807) is 11.8 Å². The van der Waals surface area contributed by atoms with Gasteiger partial charge in [0.05, 0.1) is 17.9 Å². The number of para-hydroxylation sites is 2. The number of hydrogen-bond acceptors (Lipinski definition) is 4. The number of benzene rings is 2. The maximum absolute atomic E-state index is 12.9. The second-order valence-electron chi connectivity index (χ2n) is 6.85. The van der Waals surface area contributed by atoms with Crippen molar-refractivity contribution in [3.8, 4) is 0 Å². The first-order valence-corrected chi connectivity index (χ1v) is 9.70. The van der Waals surface area contributed by atoms with Crippen molar-refractivity contribution in [3.63, 3.8) is 0 Å². The number of carbonyl (C=O) groups is 2. The highest BCUT2D eigenvalue weighted by atomic mass is 16.6. The van der Waals surface area contributed by atoms with Gasteiger partial charge in [-0.25, -0.2) is 4.79 Å². The van der Waals surface area contributed by atoms with Crippen LogP contribution in [-0.4, -0.2) is 49.7 Å². The summed E-state index contributed by atoms with van der Waals surface area (Å²) in [6.07, 6.45) is 1.17. The normalized spacial score (nSPS) is 14.4. The molecule has 1 heterocycles. The van der Waals surface area contributed by atoms with Crippen molar-refractivity contribution in [2.45, 2.75) is 25.8 Å². The molecule has 2 aromatic rings. The summed E-state index contributed by atoms with van der Waals surface area (Å²) < 4.78 is 5.05. The van der Waals surface area contributed by atoms with Crippen LogP contribution in [0.25, 0.3) is 0 Å². The lowest BCUT2D eigenvalue weighted by Gasteiger charge is -2.32. The van der Waals surface area contributed by atoms with Gasteiger partial charge in [0, 0.05) is 31.9 Å². The Morgan fingerprint density at radius 1 is 1.07 bits per heavy atom. The molecule has 3 rings (SSSR count). The Labute approximate surface area is 166 Å². The Balaban J connectivity index is 1.65. The van der Waals surface area contributed by atoms with E-state index in [0.717, 1.165) is 24.2 Å². The maximum atomic E-state index is 12.9. The number of piperidine rings is 1. The average molecular weight is 381 g/mol. The molecule has 148 valence electrons. The van der Waals surface area contributed by atoms with Crippen molar-refractivity contribution in [1.29, 1.82) is 0 Å². The van der Waals surface area contributed by atoms with Crippen molar-refractivity contribution < 1.29 is 14.3 Å². The lowest BCUT2D eigenvalue weighted by Crippen LogP contribution is -2.46. The zero-order chi connectivity index (χ0) is 19.9. The number of amides is 2. The molecule has 2 aromatic carbocycles. The molecule has 0 atom stereocenters. The molecule has 1 saturated heterocycles. The first-order chi connectivity index (χ1) is 13.6. The highest BCUT2D eigenvalue weighted by Gasteiger charge is 2.25. The summed E-state index contributed by atoms with van der Waals surface area (Å²) in [5.74, 6) is -0.0898. The first-order valence-electron chi connectivity index (χ1n) is 9.70. The molecule has 28 heavy (non-hydrogen) atoms. The van der Waals surface area contributed by atoms with E-state index in [4.69, 9.17) is 4.74 Å². The Hall–Kier alpha value is -3.02. The third-order valence-corrected chi connectivity index (χ3v) is 5.01. The predicted molar refractivity (Wildman–Crippen MR) is 110 cm³/mol. The van der Waals surface area contributed by atoms with Gasteiger partial charge in [0.25, 0.3) is 5.91 Å². The van der Waals surface area contributed by atoms with Crippen LogP contribution in [0.5, 0.6) is 0 Å². The Morgan fingerprint density at radius 2 is 1.71 bits per heavy atom. The molecule has 1 aliphatic heterocycles. The van der Waals surface area contributed by atoms with E-state index >= 15 is 0 Å². The Morgan fingerprint density at radius 3 is 2.39 bits per heavy atom. The van der Waals surface area contributed by atoms with Gasteiger partial charge in [-0.05, 0) is 44.0 Å². The van der Waals surface area contributed by atoms with Gasteiger partial charge in [-0.2, -0.15) is 0 Å². The summed E-state index contributed by atoms with van der Waals surface area (Å²) in [6, 6.07) is 17.6. The van der Waals surface area contributed by atoms with Crippen LogP contribution in [0.3, 0.4) is 0 Å². The zero-order valence-electron chi connectivity index (χ0n) is 16.4. The second kappa shape index (κ2) is 9.26. The fourth-order valence-electron chi connectivity index (χ4n) is 3.43. The van der Waals surface area contributed by atoms with E-state index in [9.17, 15) is 9.59 Å². The molecule has 0 spiro atoms. The standard InChI is InChI=1S/C22H27N3O3/c1-3-28-22(27)25-15-13-17(14-16-25)23-21(26)19-11-7-8-12-20(19)24(2)18-9-5-4-6-10-18/h4-12,17H,3,13-16H2,1-2H3,(H,23,26). The van der Waals surface area contributed by atoms with E-state index < -0.39 is 0 Å². The SMILES string of the molecule is CCOC(=O)N1CCC(NC(=O)c2ccccc2N(C)c2ccccc2)CC1. The average Bonchev–Trinajstić information content (AvgIpc) is 2.74. The minimum absolute atomic E-state index is 0.0493. The largest absolute Gasteiger partial charge is 0.450 e. The van der Waals surface area contributed by atoms with Crippen molar-refractivity contribution in [1.82, 2.24) is 10.2 Å². The molecular formula is C22H27N3O3. The van der Waals surface area contributed by atoms with Crippen LogP contribution in [0.1, 0.15) is 30.1 Å². The van der Waals surface area contributed by atoms with E-state index in [1.165, 1.54) is 0 Å². The topological polar surface area (TPSA) is 61.9 Å². The van der Waals surface area contributed by atoms with Gasteiger partial charge in [0.1, 0.15) is 0 Å². The molecule has 0 aliphatic carbocycles. The molecule has 0 bridgehead atoms. The number of likely N-dealkylation sites (tertiary alicyclic amines) is 1. The lowest BCUT2D eigenvalue weighted by atomic mass is 10.0. The highest BCUT2D eigenvalue weighted by molar-refractivity contribution is 6.00. The van der Waals surface area contributed by atoms with Gasteiger partial charge < -0.3 is 19.9 Å². The molecule has 2 amide bonds. The number of hydrogen-bond donors (Lipinski definition) is 1. The van der Waals surface area contributed by atoms with Crippen LogP contribution in [0.15, 0.2) is 54.6 Å². The molecule has 0 unspecified atom stereocenters. The van der Waals surface area contributed by atoms with Crippen molar-refractivity contribution in [2.75, 3.05) is 31.6 Å². The maximum Gasteiger partial charge on any atom is 0.409 e. The highest BCUT2D eigenvalue weighted by Crippen LogP contribution is 2.27. The molecule has 6 nitrogen and oxygen atoms in total. The zero-order valence-corrected chi connectivity index (χ0v) is 16.4. The molecule has 6 heteroatoms. The molecule has 0 aromatic heterocycles. The predicted octanol–water partition coefficient (Wildman–Crippen LogP) is 3.81. The van der Waals surface area contributed by atoms with Gasteiger partial charge in [0.15, 0.2) is 0 Å². The number of carbonyl (C=O) groups excluding carboxylic acids is 2. The van der Waals surface area contributed by atoms with Crippen molar-refractivity contribution in [2.24, 2.45) is 0 Å². The Kier molecular flexibility index (Phi) is 6.53. The minimum atomic E-state index is -0.276. The van der Waals surface area contributed by atoms with E-state index in [0.29, 0.717) is 25.3 Å². The summed E-state index contributed by atoms with van der Waals surface area (Å²) in [6.45, 7) is 3.36. The summed E-state index contributed by atoms with van der Waals surface area (Å²) in [5.41, 5.74) is 2.52. The summed E-state index contributed by atoms with van der Waals surface area (Å²) >= 11 is 0. The summed E-state index contributed by atoms with van der Waals surface area (Å²) in [7, 11) is 1.96. The lowest BCUT2D eigenvalue weighted by molar-refractivity contribution is 0.0860. The minimum Gasteiger partial charge on any atom is -0.450 e.